The molecule has 0 aliphatic heterocycles. The molecule has 0 bridgehead atoms. The first-order valence-corrected chi connectivity index (χ1v) is 5.56. The topological polar surface area (TPSA) is 78.7 Å². The number of nitrogens with zero attached hydrogens (tertiary/aromatic N) is 1. The van der Waals surface area contributed by atoms with Crippen molar-refractivity contribution in [2.24, 2.45) is 0 Å². The fourth-order valence-corrected chi connectivity index (χ4v) is 0.732. The van der Waals surface area contributed by atoms with E-state index in [0.29, 0.717) is 0 Å². The number of halogens is 3. The van der Waals surface area contributed by atoms with Gasteiger partial charge in [0.25, 0.3) is 0 Å². The van der Waals surface area contributed by atoms with Crippen LogP contribution in [-0.4, -0.2) is 28.2 Å². The molecule has 1 radical (unpaired) electrons. The average Bonchev–Trinajstić information content (AvgIpc) is 2.07. The van der Waals surface area contributed by atoms with Crippen molar-refractivity contribution >= 4 is 47.0 Å². The van der Waals surface area contributed by atoms with E-state index >= 15 is 0 Å². The second kappa shape index (κ2) is 6.37. The van der Waals surface area contributed by atoms with Crippen molar-refractivity contribution in [1.82, 2.24) is 10.9 Å². The van der Waals surface area contributed by atoms with Gasteiger partial charge in [-0.1, -0.05) is 40.2 Å². The Morgan fingerprint density at radius 2 is 1.76 bits per heavy atom. The van der Waals surface area contributed by atoms with Gasteiger partial charge in [-0.25, -0.2) is 15.0 Å². The van der Waals surface area contributed by atoms with Gasteiger partial charge in [0, 0.05) is 0 Å². The van der Waals surface area contributed by atoms with E-state index in [0.717, 1.165) is 0 Å². The molecule has 6 nitrogen and oxygen atoms in total. The molecule has 0 saturated heterocycles. The smallest absolute Gasteiger partial charge is 0.443 e. The number of hydrogen-bond donors (Lipinski definition) is 1. The SMILES string of the molecule is CC(C)(C)OC(=O)N[N]C(=O)OCC(Cl)(Cl)Cl. The van der Waals surface area contributed by atoms with Crippen molar-refractivity contribution in [1.29, 1.82) is 0 Å². The molecule has 0 aromatic heterocycles. The van der Waals surface area contributed by atoms with Gasteiger partial charge in [0.05, 0.1) is 0 Å². The van der Waals surface area contributed by atoms with Gasteiger partial charge >= 0.3 is 12.2 Å². The van der Waals surface area contributed by atoms with Gasteiger partial charge in [-0.15, -0.1) is 0 Å². The largest absolute Gasteiger partial charge is 0.450 e. The molecule has 0 aliphatic carbocycles. The van der Waals surface area contributed by atoms with Crippen LogP contribution < -0.4 is 10.9 Å². The maximum absolute atomic E-state index is 11.1. The summed E-state index contributed by atoms with van der Waals surface area (Å²) in [7, 11) is 0. The molecule has 99 valence electrons. The van der Waals surface area contributed by atoms with Crippen molar-refractivity contribution in [3.8, 4) is 0 Å². The third-order valence-corrected chi connectivity index (χ3v) is 1.32. The van der Waals surface area contributed by atoms with E-state index in [1.807, 2.05) is 5.43 Å². The van der Waals surface area contributed by atoms with Gasteiger partial charge < -0.3 is 9.47 Å². The molecule has 0 aromatic rings. The second-order valence-electron chi connectivity index (χ2n) is 3.90. The number of carbonyl (C=O) groups excluding carboxylic acids is 2. The highest BCUT2D eigenvalue weighted by Gasteiger charge is 2.23. The molecule has 0 atom stereocenters. The zero-order valence-corrected chi connectivity index (χ0v) is 11.7. The van der Waals surface area contributed by atoms with Gasteiger partial charge in [-0.3, -0.25) is 0 Å². The monoisotopic (exact) mass is 305 g/mol. The molecule has 0 aromatic carbocycles. The van der Waals surface area contributed by atoms with E-state index in [9.17, 15) is 9.59 Å². The van der Waals surface area contributed by atoms with E-state index in [-0.39, 0.29) is 0 Å². The molecular weight excluding hydrogens is 294 g/mol. The standard InChI is InChI=1S/C8H12Cl3N2O4/c1-7(2,3)17-6(15)13-12-5(14)16-4-8(9,10)11/h4H2,1-3H3,(H,13,15). The van der Waals surface area contributed by atoms with Crippen molar-refractivity contribution in [2.45, 2.75) is 30.2 Å². The van der Waals surface area contributed by atoms with Crippen LogP contribution in [0.4, 0.5) is 9.59 Å². The lowest BCUT2D eigenvalue weighted by molar-refractivity contribution is 0.0483. The Balaban J connectivity index is 3.82. The second-order valence-corrected chi connectivity index (χ2v) is 6.41. The first kappa shape index (κ1) is 16.4. The number of hydrogen-bond acceptors (Lipinski definition) is 4. The van der Waals surface area contributed by atoms with E-state index < -0.39 is 28.2 Å². The Morgan fingerprint density at radius 3 is 2.18 bits per heavy atom. The van der Waals surface area contributed by atoms with Gasteiger partial charge in [0.1, 0.15) is 12.2 Å². The van der Waals surface area contributed by atoms with E-state index in [2.05, 4.69) is 10.2 Å². The molecule has 0 saturated carbocycles. The summed E-state index contributed by atoms with van der Waals surface area (Å²) in [6, 6.07) is 0. The summed E-state index contributed by atoms with van der Waals surface area (Å²) in [5.41, 5.74) is 4.19. The summed E-state index contributed by atoms with van der Waals surface area (Å²) in [6.07, 6.45) is -1.98. The molecule has 0 heterocycles. The van der Waals surface area contributed by atoms with Gasteiger partial charge in [0.15, 0.2) is 0 Å². The fraction of sp³-hybridized carbons (Fsp3) is 0.750. The Bertz CT molecular complexity index is 285. The lowest BCUT2D eigenvalue weighted by atomic mass is 10.2. The predicted octanol–water partition coefficient (Wildman–Crippen LogP) is 2.54. The molecule has 0 unspecified atom stereocenters. The molecule has 0 aliphatic rings. The van der Waals surface area contributed by atoms with Crippen LogP contribution in [-0.2, 0) is 9.47 Å². The number of amides is 2. The van der Waals surface area contributed by atoms with Crippen LogP contribution in [0.2, 0.25) is 0 Å². The van der Waals surface area contributed by atoms with Crippen molar-refractivity contribution < 1.29 is 19.1 Å². The van der Waals surface area contributed by atoms with E-state index in [4.69, 9.17) is 39.5 Å². The van der Waals surface area contributed by atoms with Crippen molar-refractivity contribution in [2.75, 3.05) is 6.61 Å². The molecular formula is C8H12Cl3N2O4. The molecule has 0 fully saturated rings. The first-order chi connectivity index (χ1) is 7.49. The minimum Gasteiger partial charge on any atom is -0.443 e. The van der Waals surface area contributed by atoms with Crippen LogP contribution in [0.5, 0.6) is 0 Å². The molecule has 2 amide bonds. The van der Waals surface area contributed by atoms with E-state index in [1.165, 1.54) is 0 Å². The molecule has 17 heavy (non-hydrogen) atoms. The minimum absolute atomic E-state index is 0.476. The fourth-order valence-electron chi connectivity index (χ4n) is 0.568. The maximum Gasteiger partial charge on any atom is 0.450 e. The normalized spacial score (nSPS) is 11.6. The lowest BCUT2D eigenvalue weighted by Gasteiger charge is -2.19. The third kappa shape index (κ3) is 11.7. The highest BCUT2D eigenvalue weighted by molar-refractivity contribution is 6.67. The number of alkyl halides is 3. The Labute approximate surface area is 114 Å². The molecule has 9 heteroatoms. The maximum atomic E-state index is 11.1. The number of nitrogens with one attached hydrogen (secondary N) is 1. The van der Waals surface area contributed by atoms with Crippen LogP contribution in [0.15, 0.2) is 0 Å². The predicted molar refractivity (Wildman–Crippen MR) is 63.1 cm³/mol. The number of carbonyl (C=O) groups is 2. The highest BCUT2D eigenvalue weighted by Crippen LogP contribution is 2.25. The minimum atomic E-state index is -1.73. The molecule has 1 N–H and O–H groups in total. The van der Waals surface area contributed by atoms with Gasteiger partial charge in [-0.2, -0.15) is 0 Å². The third-order valence-electron chi connectivity index (χ3n) is 0.997. The Kier molecular flexibility index (Phi) is 6.15. The molecule has 0 spiro atoms. The van der Waals surface area contributed by atoms with E-state index in [1.54, 1.807) is 20.8 Å². The molecule has 0 rings (SSSR count). The van der Waals surface area contributed by atoms with Crippen LogP contribution >= 0.6 is 34.8 Å². The zero-order valence-electron chi connectivity index (χ0n) is 9.42. The summed E-state index contributed by atoms with van der Waals surface area (Å²) in [4.78, 5) is 22.0. The van der Waals surface area contributed by atoms with Crippen molar-refractivity contribution in [3.63, 3.8) is 0 Å². The summed E-state index contributed by atoms with van der Waals surface area (Å²) in [5.74, 6) is 0. The summed E-state index contributed by atoms with van der Waals surface area (Å²) in [5, 5.41) is 0. The highest BCUT2D eigenvalue weighted by atomic mass is 35.6. The quantitative estimate of drug-likeness (QED) is 0.596. The number of ether oxygens (including phenoxy) is 2. The summed E-state index contributed by atoms with van der Waals surface area (Å²) < 4.78 is 7.49. The van der Waals surface area contributed by atoms with Crippen LogP contribution in [0, 0.1) is 0 Å². The zero-order chi connectivity index (χ0) is 13.7. The summed E-state index contributed by atoms with van der Waals surface area (Å²) >= 11 is 16.0. The van der Waals surface area contributed by atoms with Gasteiger partial charge in [0.2, 0.25) is 3.79 Å². The average molecular weight is 307 g/mol. The Hall–Kier alpha value is -0.590. The first-order valence-electron chi connectivity index (χ1n) is 4.43. The van der Waals surface area contributed by atoms with Crippen LogP contribution in [0.25, 0.3) is 0 Å². The lowest BCUT2D eigenvalue weighted by Crippen LogP contribution is -2.40. The van der Waals surface area contributed by atoms with Gasteiger partial charge in [-0.05, 0) is 20.8 Å². The Morgan fingerprint density at radius 1 is 1.24 bits per heavy atom. The van der Waals surface area contributed by atoms with Crippen LogP contribution in [0.3, 0.4) is 0 Å². The van der Waals surface area contributed by atoms with Crippen molar-refractivity contribution in [3.05, 3.63) is 0 Å². The summed E-state index contributed by atoms with van der Waals surface area (Å²) in [6.45, 7) is 4.51. The van der Waals surface area contributed by atoms with Crippen LogP contribution in [0.1, 0.15) is 20.8 Å². The number of rotatable bonds is 1.